The van der Waals surface area contributed by atoms with Gasteiger partial charge in [-0.3, -0.25) is 5.41 Å². The third kappa shape index (κ3) is 2.23. The summed E-state index contributed by atoms with van der Waals surface area (Å²) >= 11 is 0. The van der Waals surface area contributed by atoms with Crippen LogP contribution in [-0.2, 0) is 0 Å². The van der Waals surface area contributed by atoms with Gasteiger partial charge in [0.2, 0.25) is 0 Å². The Morgan fingerprint density at radius 2 is 1.85 bits per heavy atom. The van der Waals surface area contributed by atoms with Gasteiger partial charge in [0.05, 0.1) is 0 Å². The Labute approximate surface area is 81.8 Å². The summed E-state index contributed by atoms with van der Waals surface area (Å²) in [4.78, 5) is 2.25. The summed E-state index contributed by atoms with van der Waals surface area (Å²) in [6, 6.07) is 0.557. The van der Waals surface area contributed by atoms with Gasteiger partial charge in [-0.25, -0.2) is 0 Å². The lowest BCUT2D eigenvalue weighted by atomic mass is 9.94. The summed E-state index contributed by atoms with van der Waals surface area (Å²) in [5, 5.41) is 8.08. The van der Waals surface area contributed by atoms with Crippen molar-refractivity contribution < 1.29 is 0 Å². The molecular weight excluding hydrogens is 160 g/mol. The lowest BCUT2D eigenvalue weighted by Gasteiger charge is -2.32. The summed E-state index contributed by atoms with van der Waals surface area (Å²) in [7, 11) is 0. The second-order valence-corrected chi connectivity index (χ2v) is 5.44. The van der Waals surface area contributed by atoms with Crippen molar-refractivity contribution in [1.82, 2.24) is 4.90 Å². The van der Waals surface area contributed by atoms with E-state index < -0.39 is 0 Å². The first-order chi connectivity index (χ1) is 5.82. The molecule has 1 rings (SSSR count). The molecule has 1 fully saturated rings. The highest BCUT2D eigenvalue weighted by Gasteiger charge is 2.32. The second kappa shape index (κ2) is 3.32. The Bertz CT molecular complexity index is 203. The van der Waals surface area contributed by atoms with E-state index in [9.17, 15) is 0 Å². The highest BCUT2D eigenvalue weighted by Crippen LogP contribution is 2.28. The van der Waals surface area contributed by atoms with Crippen molar-refractivity contribution in [3.63, 3.8) is 0 Å². The maximum Gasteiger partial charge on any atom is 0.101 e. The highest BCUT2D eigenvalue weighted by atomic mass is 15.2. The molecule has 0 amide bonds. The number of hydrogen-bond acceptors (Lipinski definition) is 1. The largest absolute Gasteiger partial charge is 0.357 e. The predicted octanol–water partition coefficient (Wildman–Crippen LogP) is 2.74. The predicted molar refractivity (Wildman–Crippen MR) is 57.1 cm³/mol. The molecule has 2 heteroatoms. The summed E-state index contributed by atoms with van der Waals surface area (Å²) < 4.78 is 0. The zero-order chi connectivity index (χ0) is 10.2. The fraction of sp³-hybridized carbons (Fsp3) is 0.909. The van der Waals surface area contributed by atoms with E-state index in [1.165, 1.54) is 6.42 Å². The van der Waals surface area contributed by atoms with E-state index >= 15 is 0 Å². The van der Waals surface area contributed by atoms with Crippen molar-refractivity contribution in [2.75, 3.05) is 6.54 Å². The van der Waals surface area contributed by atoms with Crippen molar-refractivity contribution >= 4 is 5.84 Å². The Balaban J connectivity index is 2.68. The Morgan fingerprint density at radius 3 is 2.15 bits per heavy atom. The Morgan fingerprint density at radius 1 is 1.31 bits per heavy atom. The molecular formula is C11H22N2. The zero-order valence-electron chi connectivity index (χ0n) is 9.52. The number of nitrogens with one attached hydrogen (secondary N) is 1. The van der Waals surface area contributed by atoms with Crippen LogP contribution in [0.5, 0.6) is 0 Å². The van der Waals surface area contributed by atoms with Gasteiger partial charge in [0.15, 0.2) is 0 Å². The average Bonchev–Trinajstić information content (AvgIpc) is 2.26. The molecule has 0 radical (unpaired) electrons. The van der Waals surface area contributed by atoms with Crippen LogP contribution < -0.4 is 0 Å². The van der Waals surface area contributed by atoms with Crippen molar-refractivity contribution in [3.05, 3.63) is 0 Å². The minimum Gasteiger partial charge on any atom is -0.357 e. The standard InChI is InChI=1S/C11H22N2/c1-8-6-9(2)13(7-8)10(12)11(3,4)5/h8-9,12H,6-7H2,1-5H3. The van der Waals surface area contributed by atoms with Gasteiger partial charge in [0, 0.05) is 18.0 Å². The first-order valence-electron chi connectivity index (χ1n) is 5.18. The minimum absolute atomic E-state index is 0.00167. The molecule has 0 spiro atoms. The monoisotopic (exact) mass is 182 g/mol. The molecule has 0 aromatic rings. The highest BCUT2D eigenvalue weighted by molar-refractivity contribution is 5.84. The number of amidine groups is 1. The fourth-order valence-corrected chi connectivity index (χ4v) is 2.04. The van der Waals surface area contributed by atoms with Crippen molar-refractivity contribution in [2.45, 2.75) is 47.1 Å². The third-order valence-corrected chi connectivity index (χ3v) is 2.78. The molecule has 1 aliphatic heterocycles. The first-order valence-corrected chi connectivity index (χ1v) is 5.18. The van der Waals surface area contributed by atoms with Crippen molar-refractivity contribution in [3.8, 4) is 0 Å². The van der Waals surface area contributed by atoms with Gasteiger partial charge in [0.1, 0.15) is 5.84 Å². The van der Waals surface area contributed by atoms with E-state index in [4.69, 9.17) is 5.41 Å². The Hall–Kier alpha value is -0.530. The molecule has 2 unspecified atom stereocenters. The number of likely N-dealkylation sites (tertiary alicyclic amines) is 1. The smallest absolute Gasteiger partial charge is 0.101 e. The lowest BCUT2D eigenvalue weighted by molar-refractivity contribution is 0.358. The van der Waals surface area contributed by atoms with E-state index in [1.54, 1.807) is 0 Å². The number of hydrogen-bond donors (Lipinski definition) is 1. The van der Waals surface area contributed by atoms with E-state index in [-0.39, 0.29) is 5.41 Å². The summed E-state index contributed by atoms with van der Waals surface area (Å²) in [6.07, 6.45) is 1.23. The van der Waals surface area contributed by atoms with Crippen LogP contribution in [-0.4, -0.2) is 23.3 Å². The summed E-state index contributed by atoms with van der Waals surface area (Å²) in [5.41, 5.74) is -0.00167. The van der Waals surface area contributed by atoms with Crippen molar-refractivity contribution in [1.29, 1.82) is 5.41 Å². The van der Waals surface area contributed by atoms with Crippen molar-refractivity contribution in [2.24, 2.45) is 11.3 Å². The quantitative estimate of drug-likeness (QED) is 0.452. The minimum atomic E-state index is -0.00167. The zero-order valence-corrected chi connectivity index (χ0v) is 9.52. The molecule has 0 aromatic heterocycles. The topological polar surface area (TPSA) is 27.1 Å². The van der Waals surface area contributed by atoms with Crippen LogP contribution in [0.4, 0.5) is 0 Å². The molecule has 1 saturated heterocycles. The van der Waals surface area contributed by atoms with Gasteiger partial charge in [-0.15, -0.1) is 0 Å². The molecule has 1 aliphatic rings. The van der Waals surface area contributed by atoms with Crippen LogP contribution in [0, 0.1) is 16.7 Å². The SMILES string of the molecule is CC1CC(C)N(C(=N)C(C)(C)C)C1. The molecule has 0 saturated carbocycles. The third-order valence-electron chi connectivity index (χ3n) is 2.78. The average molecular weight is 182 g/mol. The van der Waals surface area contributed by atoms with Crippen LogP contribution in [0.1, 0.15) is 41.0 Å². The molecule has 2 nitrogen and oxygen atoms in total. The van der Waals surface area contributed by atoms with Crippen LogP contribution in [0.15, 0.2) is 0 Å². The lowest BCUT2D eigenvalue weighted by Crippen LogP contribution is -2.40. The van der Waals surface area contributed by atoms with Crippen LogP contribution in [0.3, 0.4) is 0 Å². The number of rotatable bonds is 0. The van der Waals surface area contributed by atoms with Gasteiger partial charge < -0.3 is 4.90 Å². The molecule has 0 aliphatic carbocycles. The molecule has 1 heterocycles. The molecule has 1 N–H and O–H groups in total. The van der Waals surface area contributed by atoms with E-state index in [0.29, 0.717) is 6.04 Å². The van der Waals surface area contributed by atoms with Crippen LogP contribution in [0.2, 0.25) is 0 Å². The van der Waals surface area contributed by atoms with E-state index in [1.807, 2.05) is 0 Å². The van der Waals surface area contributed by atoms with Gasteiger partial charge in [0.25, 0.3) is 0 Å². The summed E-state index contributed by atoms with van der Waals surface area (Å²) in [6.45, 7) is 11.9. The van der Waals surface area contributed by atoms with Gasteiger partial charge in [-0.2, -0.15) is 0 Å². The molecule has 13 heavy (non-hydrogen) atoms. The van der Waals surface area contributed by atoms with Crippen LogP contribution >= 0.6 is 0 Å². The second-order valence-electron chi connectivity index (χ2n) is 5.44. The van der Waals surface area contributed by atoms with Gasteiger partial charge in [-0.05, 0) is 19.3 Å². The van der Waals surface area contributed by atoms with Gasteiger partial charge >= 0.3 is 0 Å². The first kappa shape index (κ1) is 10.6. The fourth-order valence-electron chi connectivity index (χ4n) is 2.04. The molecule has 0 aromatic carbocycles. The van der Waals surface area contributed by atoms with E-state index in [2.05, 4.69) is 39.5 Å². The Kier molecular flexibility index (Phi) is 2.69. The van der Waals surface area contributed by atoms with E-state index in [0.717, 1.165) is 18.3 Å². The molecule has 0 bridgehead atoms. The maximum absolute atomic E-state index is 8.08. The normalized spacial score (nSPS) is 29.5. The number of nitrogens with zero attached hydrogens (tertiary/aromatic N) is 1. The summed E-state index contributed by atoms with van der Waals surface area (Å²) in [5.74, 6) is 1.54. The molecule has 76 valence electrons. The maximum atomic E-state index is 8.08. The van der Waals surface area contributed by atoms with Crippen LogP contribution in [0.25, 0.3) is 0 Å². The van der Waals surface area contributed by atoms with Gasteiger partial charge in [-0.1, -0.05) is 27.7 Å². The molecule has 2 atom stereocenters.